The van der Waals surface area contributed by atoms with Crippen molar-refractivity contribution in [3.8, 4) is 0 Å². The molecule has 1 rings (SSSR count). The van der Waals surface area contributed by atoms with Crippen LogP contribution < -0.4 is 0 Å². The fourth-order valence-electron chi connectivity index (χ4n) is 1.75. The van der Waals surface area contributed by atoms with Gasteiger partial charge in [-0.05, 0) is 26.2 Å². The molecule has 0 spiro atoms. The Balaban J connectivity index is 2.48. The molecule has 2 heteroatoms. The van der Waals surface area contributed by atoms with Crippen molar-refractivity contribution in [2.45, 2.75) is 52.0 Å². The van der Waals surface area contributed by atoms with Gasteiger partial charge in [-0.2, -0.15) is 0 Å². The molecule has 1 heterocycles. The van der Waals surface area contributed by atoms with E-state index >= 15 is 0 Å². The van der Waals surface area contributed by atoms with Crippen molar-refractivity contribution in [1.82, 2.24) is 4.90 Å². The summed E-state index contributed by atoms with van der Waals surface area (Å²) in [5.41, 5.74) is 0.187. The molecule has 0 aromatic carbocycles. The van der Waals surface area contributed by atoms with Gasteiger partial charge in [-0.1, -0.05) is 13.8 Å². The van der Waals surface area contributed by atoms with E-state index in [0.717, 1.165) is 25.8 Å². The first-order valence-corrected chi connectivity index (χ1v) is 4.94. The Hall–Kier alpha value is -0.530. The van der Waals surface area contributed by atoms with Gasteiger partial charge >= 0.3 is 0 Å². The molecule has 0 aromatic heterocycles. The van der Waals surface area contributed by atoms with Crippen LogP contribution in [-0.4, -0.2) is 22.9 Å². The van der Waals surface area contributed by atoms with Crippen LogP contribution >= 0.6 is 0 Å². The minimum absolute atomic E-state index is 0.187. The van der Waals surface area contributed by atoms with Crippen LogP contribution in [0.25, 0.3) is 0 Å². The number of hydrogen-bond donors (Lipinski definition) is 0. The molecule has 1 atom stereocenters. The molecule has 1 amide bonds. The standard InChI is InChI=1S/C10H19NO/c1-4-6-9(12)11-8-7-10(11,3)5-2/h4-8H2,1-3H3. The molecule has 0 aromatic rings. The van der Waals surface area contributed by atoms with E-state index in [4.69, 9.17) is 0 Å². The van der Waals surface area contributed by atoms with E-state index in [2.05, 4.69) is 20.8 Å². The number of rotatable bonds is 3. The van der Waals surface area contributed by atoms with E-state index in [1.54, 1.807) is 0 Å². The zero-order valence-electron chi connectivity index (χ0n) is 8.39. The lowest BCUT2D eigenvalue weighted by atomic mass is 9.84. The lowest BCUT2D eigenvalue weighted by Gasteiger charge is -2.50. The van der Waals surface area contributed by atoms with E-state index in [1.807, 2.05) is 4.90 Å². The third kappa shape index (κ3) is 1.47. The fraction of sp³-hybridized carbons (Fsp3) is 0.900. The second kappa shape index (κ2) is 3.46. The van der Waals surface area contributed by atoms with Gasteiger partial charge in [-0.3, -0.25) is 4.79 Å². The van der Waals surface area contributed by atoms with Crippen molar-refractivity contribution in [2.75, 3.05) is 6.54 Å². The molecule has 0 radical (unpaired) electrons. The van der Waals surface area contributed by atoms with Crippen LogP contribution in [0.1, 0.15) is 46.5 Å². The summed E-state index contributed by atoms with van der Waals surface area (Å²) in [4.78, 5) is 13.6. The number of amides is 1. The number of carbonyl (C=O) groups excluding carboxylic acids is 1. The van der Waals surface area contributed by atoms with Gasteiger partial charge in [0.2, 0.25) is 5.91 Å². The molecule has 1 aliphatic rings. The molecule has 0 saturated carbocycles. The highest BCUT2D eigenvalue weighted by Gasteiger charge is 2.40. The Morgan fingerprint density at radius 2 is 2.17 bits per heavy atom. The predicted octanol–water partition coefficient (Wildman–Crippen LogP) is 2.19. The van der Waals surface area contributed by atoms with Gasteiger partial charge in [-0.15, -0.1) is 0 Å². The number of nitrogens with zero attached hydrogens (tertiary/aromatic N) is 1. The van der Waals surface area contributed by atoms with E-state index in [-0.39, 0.29) is 5.54 Å². The average molecular weight is 169 g/mol. The van der Waals surface area contributed by atoms with Crippen molar-refractivity contribution in [3.63, 3.8) is 0 Å². The second-order valence-electron chi connectivity index (χ2n) is 3.90. The van der Waals surface area contributed by atoms with E-state index in [9.17, 15) is 4.79 Å². The van der Waals surface area contributed by atoms with Crippen LogP contribution in [-0.2, 0) is 4.79 Å². The van der Waals surface area contributed by atoms with Crippen LogP contribution in [0.3, 0.4) is 0 Å². The molecule has 1 fully saturated rings. The summed E-state index contributed by atoms with van der Waals surface area (Å²) in [6.45, 7) is 7.37. The molecular formula is C10H19NO. The number of hydrogen-bond acceptors (Lipinski definition) is 1. The van der Waals surface area contributed by atoms with Crippen LogP contribution in [0.4, 0.5) is 0 Å². The molecule has 2 nitrogen and oxygen atoms in total. The Morgan fingerprint density at radius 3 is 2.50 bits per heavy atom. The molecule has 0 bridgehead atoms. The zero-order valence-corrected chi connectivity index (χ0v) is 8.39. The predicted molar refractivity (Wildman–Crippen MR) is 49.9 cm³/mol. The minimum atomic E-state index is 0.187. The fourth-order valence-corrected chi connectivity index (χ4v) is 1.75. The summed E-state index contributed by atoms with van der Waals surface area (Å²) in [5.74, 6) is 0.341. The average Bonchev–Trinajstić information content (AvgIpc) is 2.01. The second-order valence-corrected chi connectivity index (χ2v) is 3.90. The Bertz CT molecular complexity index is 175. The summed E-state index contributed by atoms with van der Waals surface area (Å²) in [5, 5.41) is 0. The third-order valence-corrected chi connectivity index (χ3v) is 3.05. The van der Waals surface area contributed by atoms with E-state index in [0.29, 0.717) is 5.91 Å². The van der Waals surface area contributed by atoms with E-state index in [1.165, 1.54) is 6.42 Å². The third-order valence-electron chi connectivity index (χ3n) is 3.05. The Morgan fingerprint density at radius 1 is 1.50 bits per heavy atom. The summed E-state index contributed by atoms with van der Waals surface area (Å²) in [6, 6.07) is 0. The van der Waals surface area contributed by atoms with Crippen molar-refractivity contribution >= 4 is 5.91 Å². The maximum absolute atomic E-state index is 11.5. The van der Waals surface area contributed by atoms with Gasteiger partial charge < -0.3 is 4.90 Å². The molecule has 1 saturated heterocycles. The molecule has 0 N–H and O–H groups in total. The SMILES string of the molecule is CCCC(=O)N1CCC1(C)CC. The first kappa shape index (κ1) is 9.56. The highest BCUT2D eigenvalue weighted by molar-refractivity contribution is 5.77. The highest BCUT2D eigenvalue weighted by Crippen LogP contribution is 2.33. The molecule has 70 valence electrons. The minimum Gasteiger partial charge on any atom is -0.337 e. The van der Waals surface area contributed by atoms with Crippen molar-refractivity contribution < 1.29 is 4.79 Å². The molecule has 0 aliphatic carbocycles. The van der Waals surface area contributed by atoms with Gasteiger partial charge in [0.25, 0.3) is 0 Å². The molecule has 1 aliphatic heterocycles. The van der Waals surface area contributed by atoms with Gasteiger partial charge in [0.05, 0.1) is 0 Å². The van der Waals surface area contributed by atoms with Crippen LogP contribution in [0.2, 0.25) is 0 Å². The van der Waals surface area contributed by atoms with Crippen molar-refractivity contribution in [3.05, 3.63) is 0 Å². The summed E-state index contributed by atoms with van der Waals surface area (Å²) in [7, 11) is 0. The summed E-state index contributed by atoms with van der Waals surface area (Å²) >= 11 is 0. The number of likely N-dealkylation sites (tertiary alicyclic amines) is 1. The smallest absolute Gasteiger partial charge is 0.223 e. The monoisotopic (exact) mass is 169 g/mol. The quantitative estimate of drug-likeness (QED) is 0.634. The Kier molecular flexibility index (Phi) is 2.76. The van der Waals surface area contributed by atoms with Gasteiger partial charge in [0, 0.05) is 18.5 Å². The molecular weight excluding hydrogens is 150 g/mol. The van der Waals surface area contributed by atoms with E-state index < -0.39 is 0 Å². The summed E-state index contributed by atoms with van der Waals surface area (Å²) in [6.07, 6.45) is 3.95. The van der Waals surface area contributed by atoms with Crippen molar-refractivity contribution in [2.24, 2.45) is 0 Å². The maximum atomic E-state index is 11.5. The largest absolute Gasteiger partial charge is 0.337 e. The highest BCUT2D eigenvalue weighted by atomic mass is 16.2. The first-order chi connectivity index (χ1) is 5.64. The van der Waals surface area contributed by atoms with Gasteiger partial charge in [-0.25, -0.2) is 0 Å². The lowest BCUT2D eigenvalue weighted by Crippen LogP contribution is -2.59. The van der Waals surface area contributed by atoms with Gasteiger partial charge in [0.1, 0.15) is 0 Å². The Labute approximate surface area is 74.9 Å². The lowest BCUT2D eigenvalue weighted by molar-refractivity contribution is -0.146. The molecule has 1 unspecified atom stereocenters. The van der Waals surface area contributed by atoms with Crippen molar-refractivity contribution in [1.29, 1.82) is 0 Å². The normalized spacial score (nSPS) is 28.4. The van der Waals surface area contributed by atoms with Crippen LogP contribution in [0.15, 0.2) is 0 Å². The van der Waals surface area contributed by atoms with Crippen LogP contribution in [0.5, 0.6) is 0 Å². The topological polar surface area (TPSA) is 20.3 Å². The zero-order chi connectivity index (χ0) is 9.19. The first-order valence-electron chi connectivity index (χ1n) is 4.94. The molecule has 12 heavy (non-hydrogen) atoms. The van der Waals surface area contributed by atoms with Crippen LogP contribution in [0, 0.1) is 0 Å². The van der Waals surface area contributed by atoms with Gasteiger partial charge in [0.15, 0.2) is 0 Å². The number of carbonyl (C=O) groups is 1. The summed E-state index contributed by atoms with van der Waals surface area (Å²) < 4.78 is 0. The maximum Gasteiger partial charge on any atom is 0.223 e.